The molecule has 0 saturated carbocycles. The molecule has 0 unspecified atom stereocenters. The van der Waals surface area contributed by atoms with Crippen LogP contribution in [0.1, 0.15) is 25.8 Å². The number of nitrogens with one attached hydrogen (secondary N) is 2. The van der Waals surface area contributed by atoms with Crippen molar-refractivity contribution in [3.8, 4) is 0 Å². The lowest BCUT2D eigenvalue weighted by Gasteiger charge is -1.94. The number of benzene rings is 1. The van der Waals surface area contributed by atoms with E-state index in [9.17, 15) is 0 Å². The summed E-state index contributed by atoms with van der Waals surface area (Å²) in [5.41, 5.74) is 5.66. The van der Waals surface area contributed by atoms with Crippen molar-refractivity contribution in [3.63, 3.8) is 0 Å². The molecule has 86 valence electrons. The van der Waals surface area contributed by atoms with Crippen molar-refractivity contribution < 1.29 is 0 Å². The minimum Gasteiger partial charge on any atom is -0.388 e. The summed E-state index contributed by atoms with van der Waals surface area (Å²) in [6, 6.07) is 8.46. The molecule has 2 aliphatic heterocycles. The summed E-state index contributed by atoms with van der Waals surface area (Å²) in [6.07, 6.45) is 2.43. The minimum absolute atomic E-state index is 1.11. The quantitative estimate of drug-likeness (QED) is 0.696. The van der Waals surface area contributed by atoms with E-state index in [0.29, 0.717) is 0 Å². The number of hydrogen-bond donors (Lipinski definition) is 2. The smallest absolute Gasteiger partial charge is 0.0373 e. The lowest BCUT2D eigenvalue weighted by molar-refractivity contribution is 0.872. The van der Waals surface area contributed by atoms with Crippen LogP contribution in [0.25, 0.3) is 0 Å². The Hall–Kier alpha value is -1.44. The first kappa shape index (κ1) is 11.1. The van der Waals surface area contributed by atoms with Gasteiger partial charge in [-0.15, -0.1) is 0 Å². The molecule has 0 aromatic heterocycles. The molecule has 2 heteroatoms. The first-order valence-corrected chi connectivity index (χ1v) is 5.99. The fraction of sp³-hybridized carbons (Fsp3) is 0.429. The fourth-order valence-corrected chi connectivity index (χ4v) is 2.02. The van der Waals surface area contributed by atoms with Crippen molar-refractivity contribution in [2.24, 2.45) is 0 Å². The van der Waals surface area contributed by atoms with E-state index in [0.717, 1.165) is 13.1 Å². The first-order chi connectivity index (χ1) is 7.77. The van der Waals surface area contributed by atoms with Gasteiger partial charge in [0.25, 0.3) is 0 Å². The number of rotatable bonds is 0. The zero-order valence-electron chi connectivity index (χ0n) is 10.1. The van der Waals surface area contributed by atoms with Crippen LogP contribution in [0.3, 0.4) is 0 Å². The molecule has 0 aliphatic carbocycles. The van der Waals surface area contributed by atoms with Gasteiger partial charge < -0.3 is 10.6 Å². The molecule has 0 fully saturated rings. The van der Waals surface area contributed by atoms with Crippen LogP contribution in [0, 0.1) is 0 Å². The summed E-state index contributed by atoms with van der Waals surface area (Å²) < 4.78 is 0. The number of allylic oxidation sites excluding steroid dienone is 1. The molecule has 0 spiro atoms. The van der Waals surface area contributed by atoms with Gasteiger partial charge in [0.15, 0.2) is 0 Å². The van der Waals surface area contributed by atoms with Crippen LogP contribution in [0.5, 0.6) is 0 Å². The largest absolute Gasteiger partial charge is 0.388 e. The Morgan fingerprint density at radius 1 is 0.938 bits per heavy atom. The summed E-state index contributed by atoms with van der Waals surface area (Å²) in [5.74, 6) is 0. The van der Waals surface area contributed by atoms with Gasteiger partial charge in [-0.05, 0) is 38.3 Å². The van der Waals surface area contributed by atoms with Gasteiger partial charge in [0.1, 0.15) is 0 Å². The van der Waals surface area contributed by atoms with Crippen molar-refractivity contribution in [2.75, 3.05) is 18.4 Å². The molecule has 1 aromatic rings. The molecule has 2 heterocycles. The Morgan fingerprint density at radius 3 is 2.25 bits per heavy atom. The van der Waals surface area contributed by atoms with Gasteiger partial charge in [-0.25, -0.2) is 0 Å². The molecule has 1 aromatic carbocycles. The second-order valence-corrected chi connectivity index (χ2v) is 4.42. The highest BCUT2D eigenvalue weighted by atomic mass is 14.9. The minimum atomic E-state index is 1.11. The maximum atomic E-state index is 3.30. The van der Waals surface area contributed by atoms with Gasteiger partial charge in [-0.3, -0.25) is 0 Å². The van der Waals surface area contributed by atoms with E-state index in [1.807, 2.05) is 0 Å². The molecule has 2 N–H and O–H groups in total. The van der Waals surface area contributed by atoms with E-state index < -0.39 is 0 Å². The van der Waals surface area contributed by atoms with Crippen molar-refractivity contribution >= 4 is 5.69 Å². The number of anilines is 1. The predicted molar refractivity (Wildman–Crippen MR) is 69.6 cm³/mol. The Kier molecular flexibility index (Phi) is 3.50. The van der Waals surface area contributed by atoms with E-state index >= 15 is 0 Å². The summed E-state index contributed by atoms with van der Waals surface area (Å²) in [4.78, 5) is 0. The Balaban J connectivity index is 0.000000125. The van der Waals surface area contributed by atoms with Crippen LogP contribution in [0.4, 0.5) is 5.69 Å². The van der Waals surface area contributed by atoms with E-state index in [-0.39, 0.29) is 0 Å². The van der Waals surface area contributed by atoms with Crippen molar-refractivity contribution in [2.45, 2.75) is 26.7 Å². The highest BCUT2D eigenvalue weighted by Gasteiger charge is 2.06. The maximum absolute atomic E-state index is 3.30. The topological polar surface area (TPSA) is 24.1 Å². The van der Waals surface area contributed by atoms with Crippen molar-refractivity contribution in [1.82, 2.24) is 5.32 Å². The maximum Gasteiger partial charge on any atom is 0.0373 e. The van der Waals surface area contributed by atoms with E-state index in [2.05, 4.69) is 48.7 Å². The summed E-state index contributed by atoms with van der Waals surface area (Å²) in [6.45, 7) is 6.56. The molecule has 16 heavy (non-hydrogen) atoms. The van der Waals surface area contributed by atoms with Crippen LogP contribution < -0.4 is 10.6 Å². The standard InChI is InChI=1S/C8H9N.C6H11N/c1-2-4-8-7(3-1)5-6-9-8;1-5-3-4-7-6(5)2/h1-4,9H,5-6H2;7H,3-4H2,1-2H3. The predicted octanol–water partition coefficient (Wildman–Crippen LogP) is 2.93. The molecule has 3 rings (SSSR count). The van der Waals surface area contributed by atoms with Crippen molar-refractivity contribution in [1.29, 1.82) is 0 Å². The van der Waals surface area contributed by atoms with Crippen LogP contribution >= 0.6 is 0 Å². The molecule has 0 radical (unpaired) electrons. The van der Waals surface area contributed by atoms with Crippen LogP contribution in [-0.2, 0) is 6.42 Å². The van der Waals surface area contributed by atoms with Crippen LogP contribution in [0.2, 0.25) is 0 Å². The summed E-state index contributed by atoms with van der Waals surface area (Å²) in [5, 5.41) is 6.55. The van der Waals surface area contributed by atoms with Gasteiger partial charge in [0.2, 0.25) is 0 Å². The third-order valence-electron chi connectivity index (χ3n) is 3.26. The Labute approximate surface area is 97.8 Å². The van der Waals surface area contributed by atoms with Gasteiger partial charge in [0, 0.05) is 24.5 Å². The number of fused-ring (bicyclic) bond motifs is 1. The second-order valence-electron chi connectivity index (χ2n) is 4.42. The zero-order chi connectivity index (χ0) is 11.4. The summed E-state index contributed by atoms with van der Waals surface area (Å²) >= 11 is 0. The number of hydrogen-bond acceptors (Lipinski definition) is 2. The second kappa shape index (κ2) is 5.06. The van der Waals surface area contributed by atoms with Crippen LogP contribution in [-0.4, -0.2) is 13.1 Å². The Bertz CT molecular complexity index is 358. The van der Waals surface area contributed by atoms with Gasteiger partial charge in [-0.2, -0.15) is 0 Å². The molecule has 2 aliphatic rings. The molecular weight excluding hydrogens is 196 g/mol. The third-order valence-corrected chi connectivity index (χ3v) is 3.26. The normalized spacial score (nSPS) is 17.1. The number of para-hydroxylation sites is 1. The first-order valence-electron chi connectivity index (χ1n) is 5.99. The monoisotopic (exact) mass is 216 g/mol. The highest BCUT2D eigenvalue weighted by molar-refractivity contribution is 5.54. The van der Waals surface area contributed by atoms with Gasteiger partial charge in [0.05, 0.1) is 0 Å². The fourth-order valence-electron chi connectivity index (χ4n) is 2.02. The summed E-state index contributed by atoms with van der Waals surface area (Å²) in [7, 11) is 0. The zero-order valence-corrected chi connectivity index (χ0v) is 10.1. The molecular formula is C14H20N2. The molecule has 2 nitrogen and oxygen atoms in total. The molecule has 0 saturated heterocycles. The molecule has 0 atom stereocenters. The van der Waals surface area contributed by atoms with E-state index in [1.54, 1.807) is 0 Å². The van der Waals surface area contributed by atoms with E-state index in [4.69, 9.17) is 0 Å². The van der Waals surface area contributed by atoms with Crippen molar-refractivity contribution in [3.05, 3.63) is 41.1 Å². The van der Waals surface area contributed by atoms with Gasteiger partial charge >= 0.3 is 0 Å². The van der Waals surface area contributed by atoms with Crippen LogP contribution in [0.15, 0.2) is 35.5 Å². The third kappa shape index (κ3) is 2.57. The lowest BCUT2D eigenvalue weighted by Crippen LogP contribution is -2.03. The van der Waals surface area contributed by atoms with Gasteiger partial charge in [-0.1, -0.05) is 23.8 Å². The SMILES string of the molecule is CC1=C(C)NCC1.c1ccc2c(c1)CCN2. The highest BCUT2D eigenvalue weighted by Crippen LogP contribution is 2.19. The molecule has 0 amide bonds. The lowest BCUT2D eigenvalue weighted by atomic mass is 10.2. The average molecular weight is 216 g/mol. The Morgan fingerprint density at radius 2 is 1.69 bits per heavy atom. The molecule has 0 bridgehead atoms. The average Bonchev–Trinajstić information content (AvgIpc) is 2.89. The van der Waals surface area contributed by atoms with E-state index in [1.165, 1.54) is 35.4 Å².